The average Bonchev–Trinajstić information content (AvgIpc) is 2.65. The molecule has 19 heavy (non-hydrogen) atoms. The minimum atomic E-state index is 0.486. The Morgan fingerprint density at radius 1 is 1.11 bits per heavy atom. The topological polar surface area (TPSA) is 9.23 Å². The number of aryl methyl sites for hydroxylation is 2. The molecule has 0 saturated heterocycles. The summed E-state index contributed by atoms with van der Waals surface area (Å²) in [5, 5.41) is 0. The van der Waals surface area contributed by atoms with Crippen LogP contribution in [0.2, 0.25) is 0 Å². The standard InChI is InChI=1S/C17H20OS/c1-10-12(3)19-13(4)17(10)15-9-18-16-8-6-5-7-14(16)11(15)2/h5-8,11,15H,9H2,1-4H3/t11-,15?/m1/s1. The first-order chi connectivity index (χ1) is 9.09. The van der Waals surface area contributed by atoms with Crippen LogP contribution in [0.3, 0.4) is 0 Å². The van der Waals surface area contributed by atoms with E-state index in [1.807, 2.05) is 11.3 Å². The Balaban J connectivity index is 2.05. The van der Waals surface area contributed by atoms with Crippen LogP contribution < -0.4 is 4.74 Å². The lowest BCUT2D eigenvalue weighted by Gasteiger charge is -2.32. The summed E-state index contributed by atoms with van der Waals surface area (Å²) in [7, 11) is 0. The molecule has 3 rings (SSSR count). The molecule has 100 valence electrons. The third-order valence-electron chi connectivity index (χ3n) is 4.42. The number of hydrogen-bond acceptors (Lipinski definition) is 2. The van der Waals surface area contributed by atoms with Crippen molar-refractivity contribution in [3.63, 3.8) is 0 Å². The zero-order valence-electron chi connectivity index (χ0n) is 12.0. The van der Waals surface area contributed by atoms with Crippen LogP contribution in [0.5, 0.6) is 5.75 Å². The van der Waals surface area contributed by atoms with Crippen molar-refractivity contribution in [3.8, 4) is 5.75 Å². The number of rotatable bonds is 1. The van der Waals surface area contributed by atoms with Crippen LogP contribution in [-0.4, -0.2) is 6.61 Å². The fraction of sp³-hybridized carbons (Fsp3) is 0.412. The van der Waals surface area contributed by atoms with Crippen LogP contribution in [0.4, 0.5) is 0 Å². The van der Waals surface area contributed by atoms with Crippen molar-refractivity contribution in [1.29, 1.82) is 0 Å². The molecule has 0 saturated carbocycles. The van der Waals surface area contributed by atoms with Gasteiger partial charge in [-0.3, -0.25) is 0 Å². The molecular formula is C17H20OS. The molecule has 2 heteroatoms. The summed E-state index contributed by atoms with van der Waals surface area (Å²) in [6.07, 6.45) is 0. The number of benzene rings is 1. The maximum Gasteiger partial charge on any atom is 0.122 e. The predicted molar refractivity (Wildman–Crippen MR) is 81.6 cm³/mol. The SMILES string of the molecule is Cc1sc(C)c(C2COc3ccccc3[C@H]2C)c1C. The van der Waals surface area contributed by atoms with Gasteiger partial charge in [-0.05, 0) is 49.4 Å². The second-order valence-corrected chi connectivity index (χ2v) is 6.93. The van der Waals surface area contributed by atoms with E-state index < -0.39 is 0 Å². The lowest BCUT2D eigenvalue weighted by atomic mass is 9.80. The van der Waals surface area contributed by atoms with Gasteiger partial charge in [-0.15, -0.1) is 11.3 Å². The molecule has 1 aromatic heterocycles. The fourth-order valence-corrected chi connectivity index (χ4v) is 4.35. The van der Waals surface area contributed by atoms with Gasteiger partial charge in [-0.25, -0.2) is 0 Å². The van der Waals surface area contributed by atoms with Gasteiger partial charge in [0.2, 0.25) is 0 Å². The van der Waals surface area contributed by atoms with E-state index in [0.29, 0.717) is 11.8 Å². The molecule has 2 heterocycles. The van der Waals surface area contributed by atoms with Gasteiger partial charge in [0.1, 0.15) is 5.75 Å². The second-order valence-electron chi connectivity index (χ2n) is 5.50. The highest BCUT2D eigenvalue weighted by molar-refractivity contribution is 7.12. The number of thiophene rings is 1. The Hall–Kier alpha value is -1.28. The molecule has 1 unspecified atom stereocenters. The highest BCUT2D eigenvalue weighted by Gasteiger charge is 2.31. The Kier molecular flexibility index (Phi) is 3.14. The van der Waals surface area contributed by atoms with Crippen LogP contribution in [0.1, 0.15) is 45.2 Å². The van der Waals surface area contributed by atoms with Crippen molar-refractivity contribution in [2.24, 2.45) is 0 Å². The number of hydrogen-bond donors (Lipinski definition) is 0. The number of fused-ring (bicyclic) bond motifs is 1. The van der Waals surface area contributed by atoms with Gasteiger partial charge in [0, 0.05) is 15.7 Å². The maximum absolute atomic E-state index is 5.98. The van der Waals surface area contributed by atoms with Gasteiger partial charge in [0.25, 0.3) is 0 Å². The van der Waals surface area contributed by atoms with Crippen molar-refractivity contribution in [2.75, 3.05) is 6.61 Å². The van der Waals surface area contributed by atoms with Crippen molar-refractivity contribution in [1.82, 2.24) is 0 Å². The second kappa shape index (κ2) is 4.68. The predicted octanol–water partition coefficient (Wildman–Crippen LogP) is 4.95. The minimum absolute atomic E-state index is 0.486. The Morgan fingerprint density at radius 3 is 2.53 bits per heavy atom. The van der Waals surface area contributed by atoms with Crippen molar-refractivity contribution in [3.05, 3.63) is 50.7 Å². The minimum Gasteiger partial charge on any atom is -0.493 e. The molecule has 1 aromatic carbocycles. The molecule has 0 N–H and O–H groups in total. The van der Waals surface area contributed by atoms with E-state index in [1.54, 1.807) is 0 Å². The quantitative estimate of drug-likeness (QED) is 0.713. The first-order valence-electron chi connectivity index (χ1n) is 6.87. The zero-order valence-corrected chi connectivity index (χ0v) is 12.8. The molecule has 2 atom stereocenters. The smallest absolute Gasteiger partial charge is 0.122 e. The summed E-state index contributed by atoms with van der Waals surface area (Å²) in [4.78, 5) is 2.90. The molecule has 1 aliphatic heterocycles. The zero-order chi connectivity index (χ0) is 13.6. The van der Waals surface area contributed by atoms with E-state index in [2.05, 4.69) is 52.0 Å². The Labute approximate surface area is 119 Å². The first-order valence-corrected chi connectivity index (χ1v) is 7.69. The van der Waals surface area contributed by atoms with Gasteiger partial charge in [-0.1, -0.05) is 25.1 Å². The van der Waals surface area contributed by atoms with Crippen molar-refractivity contribution >= 4 is 11.3 Å². The van der Waals surface area contributed by atoms with E-state index in [-0.39, 0.29) is 0 Å². The molecule has 0 spiro atoms. The fourth-order valence-electron chi connectivity index (χ4n) is 3.22. The largest absolute Gasteiger partial charge is 0.493 e. The van der Waals surface area contributed by atoms with Crippen molar-refractivity contribution < 1.29 is 4.74 Å². The summed E-state index contributed by atoms with van der Waals surface area (Å²) in [5.41, 5.74) is 4.33. The Bertz CT molecular complexity index is 612. The van der Waals surface area contributed by atoms with Gasteiger partial charge in [0.15, 0.2) is 0 Å². The molecule has 0 amide bonds. The third kappa shape index (κ3) is 1.99. The van der Waals surface area contributed by atoms with Crippen LogP contribution in [0, 0.1) is 20.8 Å². The molecule has 0 bridgehead atoms. The van der Waals surface area contributed by atoms with Gasteiger partial charge >= 0.3 is 0 Å². The maximum atomic E-state index is 5.98. The van der Waals surface area contributed by atoms with Crippen LogP contribution >= 0.6 is 11.3 Å². The van der Waals surface area contributed by atoms with E-state index >= 15 is 0 Å². The normalized spacial score (nSPS) is 21.9. The third-order valence-corrected chi connectivity index (χ3v) is 5.56. The summed E-state index contributed by atoms with van der Waals surface area (Å²) >= 11 is 1.92. The molecule has 0 radical (unpaired) electrons. The highest BCUT2D eigenvalue weighted by atomic mass is 32.1. The summed E-state index contributed by atoms with van der Waals surface area (Å²) in [6, 6.07) is 8.45. The molecule has 0 fully saturated rings. The molecular weight excluding hydrogens is 252 g/mol. The Morgan fingerprint density at radius 2 is 1.84 bits per heavy atom. The summed E-state index contributed by atoms with van der Waals surface area (Å²) in [5.74, 6) is 2.07. The van der Waals surface area contributed by atoms with Gasteiger partial charge < -0.3 is 4.74 Å². The van der Waals surface area contributed by atoms with Gasteiger partial charge in [-0.2, -0.15) is 0 Å². The van der Waals surface area contributed by atoms with E-state index in [9.17, 15) is 0 Å². The first kappa shape index (κ1) is 12.7. The molecule has 1 aliphatic rings. The average molecular weight is 272 g/mol. The van der Waals surface area contributed by atoms with Crippen LogP contribution in [-0.2, 0) is 0 Å². The molecule has 0 aliphatic carbocycles. The molecule has 1 nitrogen and oxygen atoms in total. The lowest BCUT2D eigenvalue weighted by molar-refractivity contribution is 0.243. The van der Waals surface area contributed by atoms with E-state index in [1.165, 1.54) is 26.4 Å². The number of para-hydroxylation sites is 1. The summed E-state index contributed by atoms with van der Waals surface area (Å²) < 4.78 is 5.98. The monoisotopic (exact) mass is 272 g/mol. The van der Waals surface area contributed by atoms with Gasteiger partial charge in [0.05, 0.1) is 6.61 Å². The van der Waals surface area contributed by atoms with Crippen molar-refractivity contribution in [2.45, 2.75) is 39.5 Å². The lowest BCUT2D eigenvalue weighted by Crippen LogP contribution is -2.23. The van der Waals surface area contributed by atoms with E-state index in [0.717, 1.165) is 12.4 Å². The van der Waals surface area contributed by atoms with E-state index in [4.69, 9.17) is 4.74 Å². The van der Waals surface area contributed by atoms with Crippen LogP contribution in [0.25, 0.3) is 0 Å². The van der Waals surface area contributed by atoms with Crippen LogP contribution in [0.15, 0.2) is 24.3 Å². The molecule has 2 aromatic rings. The summed E-state index contributed by atoms with van der Waals surface area (Å²) in [6.45, 7) is 9.85. The highest BCUT2D eigenvalue weighted by Crippen LogP contribution is 2.45. The number of ether oxygens (including phenoxy) is 1.